The number of hydrogen-bond acceptors (Lipinski definition) is 3. The minimum atomic E-state index is -1.89. The third-order valence-electron chi connectivity index (χ3n) is 5.29. The van der Waals surface area contributed by atoms with E-state index in [0.717, 1.165) is 19.1 Å². The van der Waals surface area contributed by atoms with Gasteiger partial charge in [-0.25, -0.2) is 0 Å². The molecule has 0 spiro atoms. The predicted octanol–water partition coefficient (Wildman–Crippen LogP) is 5.60. The van der Waals surface area contributed by atoms with Crippen LogP contribution in [0.4, 0.5) is 0 Å². The highest BCUT2D eigenvalue weighted by Crippen LogP contribution is 2.38. The first kappa shape index (κ1) is 22.1. The predicted molar refractivity (Wildman–Crippen MR) is 107 cm³/mol. The van der Waals surface area contributed by atoms with Crippen LogP contribution in [0.2, 0.25) is 18.1 Å². The molecule has 0 aliphatic rings. The molecule has 1 rings (SSSR count). The lowest BCUT2D eigenvalue weighted by atomic mass is 10.0. The monoisotopic (exact) mass is 364 g/mol. The lowest BCUT2D eigenvalue weighted by Crippen LogP contribution is -2.45. The summed E-state index contributed by atoms with van der Waals surface area (Å²) in [5.74, 6) is -0.0875. The van der Waals surface area contributed by atoms with Crippen LogP contribution in [0.5, 0.6) is 0 Å². The first-order valence-corrected chi connectivity index (χ1v) is 12.3. The van der Waals surface area contributed by atoms with E-state index in [-0.39, 0.29) is 23.2 Å². The molecule has 0 amide bonds. The molecule has 25 heavy (non-hydrogen) atoms. The van der Waals surface area contributed by atoms with Crippen molar-refractivity contribution in [2.45, 2.75) is 84.4 Å². The lowest BCUT2D eigenvalue weighted by molar-refractivity contribution is -0.113. The maximum atomic E-state index is 11.3. The quantitative estimate of drug-likeness (QED) is 0.400. The first-order valence-electron chi connectivity index (χ1n) is 9.35. The van der Waals surface area contributed by atoms with Crippen LogP contribution in [0.25, 0.3) is 0 Å². The molecule has 1 aromatic carbocycles. The number of benzene rings is 1. The number of ether oxygens (including phenoxy) is 1. The van der Waals surface area contributed by atoms with Gasteiger partial charge in [0.15, 0.2) is 8.32 Å². The van der Waals surface area contributed by atoms with Crippen molar-refractivity contribution in [1.82, 2.24) is 0 Å². The molecule has 1 aromatic rings. The Balaban J connectivity index is 2.56. The molecular formula is C21H36O3Si. The number of hydrogen-bond donors (Lipinski definition) is 0. The normalized spacial score (nSPS) is 16.3. The summed E-state index contributed by atoms with van der Waals surface area (Å²) < 4.78 is 12.5. The zero-order valence-electron chi connectivity index (χ0n) is 17.0. The van der Waals surface area contributed by atoms with Gasteiger partial charge in [-0.3, -0.25) is 0 Å². The number of carbonyl (C=O) groups is 1. The second-order valence-electron chi connectivity index (χ2n) is 8.60. The van der Waals surface area contributed by atoms with Crippen LogP contribution in [0.15, 0.2) is 30.3 Å². The fourth-order valence-electron chi connectivity index (χ4n) is 2.37. The molecule has 4 heteroatoms. The van der Waals surface area contributed by atoms with E-state index in [1.807, 2.05) is 25.1 Å². The molecule has 0 saturated heterocycles. The first-order chi connectivity index (χ1) is 11.6. The Morgan fingerprint density at radius 1 is 1.08 bits per heavy atom. The molecule has 0 aliphatic carbocycles. The van der Waals surface area contributed by atoms with Gasteiger partial charge in [-0.05, 0) is 43.5 Å². The third kappa shape index (κ3) is 7.43. The topological polar surface area (TPSA) is 35.5 Å². The van der Waals surface area contributed by atoms with Crippen molar-refractivity contribution in [2.75, 3.05) is 0 Å². The van der Waals surface area contributed by atoms with Crippen molar-refractivity contribution < 1.29 is 14.0 Å². The van der Waals surface area contributed by atoms with E-state index in [4.69, 9.17) is 9.16 Å². The van der Waals surface area contributed by atoms with Crippen molar-refractivity contribution in [3.8, 4) is 0 Å². The molecule has 0 heterocycles. The fourth-order valence-corrected chi connectivity index (χ4v) is 3.81. The van der Waals surface area contributed by atoms with Gasteiger partial charge in [0.05, 0.1) is 18.8 Å². The van der Waals surface area contributed by atoms with E-state index >= 15 is 0 Å². The minimum Gasteiger partial charge on any atom is -0.413 e. The molecule has 0 saturated carbocycles. The Morgan fingerprint density at radius 2 is 1.68 bits per heavy atom. The number of carbonyl (C=O) groups excluding carboxylic acids is 1. The van der Waals surface area contributed by atoms with Gasteiger partial charge >= 0.3 is 0 Å². The fraction of sp³-hybridized carbons (Fsp3) is 0.667. The molecule has 3 nitrogen and oxygen atoms in total. The maximum Gasteiger partial charge on any atom is 0.192 e. The van der Waals surface area contributed by atoms with Gasteiger partial charge in [-0.2, -0.15) is 0 Å². The second kappa shape index (κ2) is 9.65. The third-order valence-corrected chi connectivity index (χ3v) is 9.79. The Labute approximate surface area is 155 Å². The summed E-state index contributed by atoms with van der Waals surface area (Å²) in [6, 6.07) is 10.2. The molecule has 3 atom stereocenters. The van der Waals surface area contributed by atoms with Crippen molar-refractivity contribution in [3.63, 3.8) is 0 Å². The molecule has 142 valence electrons. The van der Waals surface area contributed by atoms with Crippen molar-refractivity contribution >= 4 is 14.6 Å². The molecule has 0 aliphatic heterocycles. The van der Waals surface area contributed by atoms with E-state index in [1.54, 1.807) is 0 Å². The lowest BCUT2D eigenvalue weighted by Gasteiger charge is -2.40. The van der Waals surface area contributed by atoms with Crippen LogP contribution in [0.1, 0.15) is 53.0 Å². The molecule has 0 fully saturated rings. The molecule has 0 aromatic heterocycles. The summed E-state index contributed by atoms with van der Waals surface area (Å²) >= 11 is 0. The van der Waals surface area contributed by atoms with E-state index in [0.29, 0.717) is 6.61 Å². The number of rotatable bonds is 10. The standard InChI is InChI=1S/C21H36O3Si/c1-17(15-22)20(24-25(6,7)21(3,4)5)14-13-18(2)23-16-19-11-9-8-10-12-19/h8-12,15,17-18,20H,13-14,16H2,1-7H3/t17-,18-,20-/m1/s1. The van der Waals surface area contributed by atoms with Crippen LogP contribution < -0.4 is 0 Å². The van der Waals surface area contributed by atoms with Gasteiger partial charge in [0, 0.05) is 5.92 Å². The summed E-state index contributed by atoms with van der Waals surface area (Å²) in [4.78, 5) is 11.3. The van der Waals surface area contributed by atoms with Crippen LogP contribution in [-0.4, -0.2) is 26.8 Å². The molecule has 0 bridgehead atoms. The van der Waals surface area contributed by atoms with Gasteiger partial charge < -0.3 is 14.0 Å². The van der Waals surface area contributed by atoms with E-state index in [1.165, 1.54) is 5.56 Å². The average molecular weight is 365 g/mol. The summed E-state index contributed by atoms with van der Waals surface area (Å²) in [5.41, 5.74) is 1.18. The summed E-state index contributed by atoms with van der Waals surface area (Å²) in [6.07, 6.45) is 2.88. The smallest absolute Gasteiger partial charge is 0.192 e. The Kier molecular flexibility index (Phi) is 8.52. The summed E-state index contributed by atoms with van der Waals surface area (Å²) in [6.45, 7) is 15.9. The van der Waals surface area contributed by atoms with Crippen LogP contribution in [0, 0.1) is 5.92 Å². The van der Waals surface area contributed by atoms with E-state index < -0.39 is 8.32 Å². The molecular weight excluding hydrogens is 328 g/mol. The van der Waals surface area contributed by atoms with Gasteiger partial charge in [0.2, 0.25) is 0 Å². The van der Waals surface area contributed by atoms with Crippen molar-refractivity contribution in [3.05, 3.63) is 35.9 Å². The van der Waals surface area contributed by atoms with Crippen LogP contribution in [-0.2, 0) is 20.6 Å². The highest BCUT2D eigenvalue weighted by Gasteiger charge is 2.40. The average Bonchev–Trinajstić information content (AvgIpc) is 2.55. The zero-order valence-corrected chi connectivity index (χ0v) is 18.0. The second-order valence-corrected chi connectivity index (χ2v) is 13.4. The molecule has 0 radical (unpaired) electrons. The van der Waals surface area contributed by atoms with Gasteiger partial charge in [-0.15, -0.1) is 0 Å². The largest absolute Gasteiger partial charge is 0.413 e. The van der Waals surface area contributed by atoms with Crippen molar-refractivity contribution in [2.24, 2.45) is 5.92 Å². The summed E-state index contributed by atoms with van der Waals surface area (Å²) in [7, 11) is -1.89. The Bertz CT molecular complexity index is 508. The van der Waals surface area contributed by atoms with E-state index in [9.17, 15) is 4.79 Å². The van der Waals surface area contributed by atoms with Crippen LogP contribution in [0.3, 0.4) is 0 Å². The van der Waals surface area contributed by atoms with Gasteiger partial charge in [0.25, 0.3) is 0 Å². The highest BCUT2D eigenvalue weighted by molar-refractivity contribution is 6.74. The van der Waals surface area contributed by atoms with Crippen molar-refractivity contribution in [1.29, 1.82) is 0 Å². The minimum absolute atomic E-state index is 0.0267. The molecule has 0 unspecified atom stereocenters. The van der Waals surface area contributed by atoms with Gasteiger partial charge in [0.1, 0.15) is 6.29 Å². The maximum absolute atomic E-state index is 11.3. The highest BCUT2D eigenvalue weighted by atomic mass is 28.4. The Morgan fingerprint density at radius 3 is 2.20 bits per heavy atom. The summed E-state index contributed by atoms with van der Waals surface area (Å²) in [5, 5.41) is 0.142. The van der Waals surface area contributed by atoms with E-state index in [2.05, 4.69) is 52.9 Å². The Hall–Kier alpha value is -0.973. The van der Waals surface area contributed by atoms with Gasteiger partial charge in [-0.1, -0.05) is 58.0 Å². The zero-order chi connectivity index (χ0) is 19.1. The SMILES string of the molecule is C[C@H](CC[C@@H](O[Si](C)(C)C(C)(C)C)[C@H](C)C=O)OCc1ccccc1. The van der Waals surface area contributed by atoms with Crippen LogP contribution >= 0.6 is 0 Å². The number of aldehydes is 1. The molecule has 0 N–H and O–H groups in total.